The topological polar surface area (TPSA) is 75.5 Å². The van der Waals surface area contributed by atoms with Crippen LogP contribution in [0.3, 0.4) is 0 Å². The first-order valence-corrected chi connectivity index (χ1v) is 6.08. The van der Waals surface area contributed by atoms with Crippen molar-refractivity contribution < 1.29 is 9.72 Å². The van der Waals surface area contributed by atoms with E-state index < -0.39 is 4.92 Å². The Balaban J connectivity index is 3.05. The zero-order valence-corrected chi connectivity index (χ0v) is 11.6. The Morgan fingerprint density at radius 1 is 1.47 bits per heavy atom. The predicted molar refractivity (Wildman–Crippen MR) is 74.4 cm³/mol. The molecule has 0 saturated heterocycles. The van der Waals surface area contributed by atoms with Crippen LogP contribution in [0.5, 0.6) is 0 Å². The van der Waals surface area contributed by atoms with E-state index in [2.05, 4.69) is 5.32 Å². The number of carbonyl (C=O) groups is 1. The Bertz CT molecular complexity index is 486. The van der Waals surface area contributed by atoms with E-state index in [1.807, 2.05) is 13.8 Å². The fraction of sp³-hybridized carbons (Fsp3) is 0.462. The first-order valence-electron chi connectivity index (χ1n) is 6.08. The first-order chi connectivity index (χ1) is 8.86. The highest BCUT2D eigenvalue weighted by molar-refractivity contribution is 5.95. The van der Waals surface area contributed by atoms with Gasteiger partial charge in [0.05, 0.1) is 4.92 Å². The van der Waals surface area contributed by atoms with E-state index in [0.717, 1.165) is 0 Å². The lowest BCUT2D eigenvalue weighted by Gasteiger charge is -2.19. The van der Waals surface area contributed by atoms with Gasteiger partial charge in [0.2, 0.25) is 0 Å². The summed E-state index contributed by atoms with van der Waals surface area (Å²) in [4.78, 5) is 24.2. The van der Waals surface area contributed by atoms with E-state index in [4.69, 9.17) is 0 Å². The van der Waals surface area contributed by atoms with E-state index in [9.17, 15) is 14.9 Å². The summed E-state index contributed by atoms with van der Waals surface area (Å²) < 4.78 is 0. The molecular formula is C13H19N3O3. The highest BCUT2D eigenvalue weighted by atomic mass is 16.6. The molecule has 0 aromatic heterocycles. The molecule has 0 aliphatic heterocycles. The summed E-state index contributed by atoms with van der Waals surface area (Å²) in [6.45, 7) is 4.63. The van der Waals surface area contributed by atoms with Gasteiger partial charge >= 0.3 is 0 Å². The van der Waals surface area contributed by atoms with Gasteiger partial charge in [-0.3, -0.25) is 14.9 Å². The first kappa shape index (κ1) is 14.9. The molecule has 19 heavy (non-hydrogen) atoms. The number of carbonyl (C=O) groups excluding carboxylic acids is 1. The summed E-state index contributed by atoms with van der Waals surface area (Å²) >= 11 is 0. The second-order valence-corrected chi connectivity index (χ2v) is 4.82. The number of amides is 1. The van der Waals surface area contributed by atoms with Gasteiger partial charge in [-0.1, -0.05) is 13.8 Å². The second-order valence-electron chi connectivity index (χ2n) is 4.82. The number of rotatable bonds is 5. The third kappa shape index (κ3) is 3.67. The van der Waals surface area contributed by atoms with Gasteiger partial charge in [0.15, 0.2) is 0 Å². The van der Waals surface area contributed by atoms with Crippen molar-refractivity contribution in [3.63, 3.8) is 0 Å². The van der Waals surface area contributed by atoms with Crippen molar-refractivity contribution in [3.8, 4) is 0 Å². The highest BCUT2D eigenvalue weighted by Crippen LogP contribution is 2.25. The van der Waals surface area contributed by atoms with Crippen molar-refractivity contribution in [1.82, 2.24) is 4.90 Å². The molecule has 6 nitrogen and oxygen atoms in total. The number of nitrogens with one attached hydrogen (secondary N) is 1. The molecule has 0 atom stereocenters. The van der Waals surface area contributed by atoms with E-state index in [0.29, 0.717) is 23.7 Å². The van der Waals surface area contributed by atoms with Crippen molar-refractivity contribution in [2.45, 2.75) is 13.8 Å². The van der Waals surface area contributed by atoms with Crippen LogP contribution in [0.2, 0.25) is 0 Å². The Labute approximate surface area is 112 Å². The largest absolute Gasteiger partial charge is 0.383 e. The lowest BCUT2D eigenvalue weighted by molar-refractivity contribution is -0.384. The van der Waals surface area contributed by atoms with Gasteiger partial charge in [-0.25, -0.2) is 0 Å². The molecule has 1 aromatic rings. The number of nitrogens with zero attached hydrogens (tertiary/aromatic N) is 2. The van der Waals surface area contributed by atoms with Crippen LogP contribution >= 0.6 is 0 Å². The molecule has 0 radical (unpaired) electrons. The Hall–Kier alpha value is -2.11. The third-order valence-corrected chi connectivity index (χ3v) is 2.70. The number of nitro groups is 1. The maximum Gasteiger partial charge on any atom is 0.293 e. The summed E-state index contributed by atoms with van der Waals surface area (Å²) in [7, 11) is 3.30. The maximum absolute atomic E-state index is 12.1. The molecule has 0 aliphatic rings. The molecule has 0 fully saturated rings. The van der Waals surface area contributed by atoms with Crippen LogP contribution in [-0.2, 0) is 0 Å². The molecule has 1 amide bonds. The van der Waals surface area contributed by atoms with Crippen LogP contribution in [-0.4, -0.2) is 36.4 Å². The van der Waals surface area contributed by atoms with Crippen LogP contribution in [0, 0.1) is 16.0 Å². The zero-order valence-electron chi connectivity index (χ0n) is 11.6. The quantitative estimate of drug-likeness (QED) is 0.655. The molecule has 1 N–H and O–H groups in total. The summed E-state index contributed by atoms with van der Waals surface area (Å²) in [6.07, 6.45) is 0. The number of nitro benzene ring substituents is 1. The normalized spacial score (nSPS) is 10.4. The van der Waals surface area contributed by atoms with E-state index in [-0.39, 0.29) is 11.6 Å². The lowest BCUT2D eigenvalue weighted by Crippen LogP contribution is -2.30. The molecule has 0 heterocycles. The average molecular weight is 265 g/mol. The van der Waals surface area contributed by atoms with Crippen molar-refractivity contribution in [1.29, 1.82) is 0 Å². The molecule has 1 aromatic carbocycles. The van der Waals surface area contributed by atoms with Gasteiger partial charge in [0.25, 0.3) is 11.6 Å². The van der Waals surface area contributed by atoms with Gasteiger partial charge in [-0.2, -0.15) is 0 Å². The highest BCUT2D eigenvalue weighted by Gasteiger charge is 2.19. The lowest BCUT2D eigenvalue weighted by atomic mass is 10.1. The molecular weight excluding hydrogens is 246 g/mol. The zero-order chi connectivity index (χ0) is 14.6. The second kappa shape index (κ2) is 6.17. The van der Waals surface area contributed by atoms with Gasteiger partial charge in [0, 0.05) is 32.3 Å². The molecule has 104 valence electrons. The molecule has 0 aliphatic carbocycles. The summed E-state index contributed by atoms with van der Waals surface area (Å²) in [6, 6.07) is 4.46. The summed E-state index contributed by atoms with van der Waals surface area (Å²) in [5.41, 5.74) is 0.633. The van der Waals surface area contributed by atoms with Crippen LogP contribution < -0.4 is 5.32 Å². The number of hydrogen-bond acceptors (Lipinski definition) is 4. The minimum Gasteiger partial charge on any atom is -0.383 e. The molecule has 0 spiro atoms. The van der Waals surface area contributed by atoms with E-state index in [1.54, 1.807) is 31.1 Å². The monoisotopic (exact) mass is 265 g/mol. The Morgan fingerprint density at radius 3 is 2.58 bits per heavy atom. The van der Waals surface area contributed by atoms with E-state index in [1.165, 1.54) is 6.07 Å². The Kier molecular flexibility index (Phi) is 4.86. The van der Waals surface area contributed by atoms with Crippen LogP contribution in [0.25, 0.3) is 0 Å². The van der Waals surface area contributed by atoms with Crippen LogP contribution in [0.4, 0.5) is 11.4 Å². The van der Waals surface area contributed by atoms with Crippen LogP contribution in [0.1, 0.15) is 24.2 Å². The number of benzene rings is 1. The van der Waals surface area contributed by atoms with Gasteiger partial charge < -0.3 is 10.2 Å². The molecule has 0 unspecified atom stereocenters. The van der Waals surface area contributed by atoms with Gasteiger partial charge in [0.1, 0.15) is 5.69 Å². The SMILES string of the molecule is CNc1ccc(C(=O)N(C)CC(C)C)cc1[N+](=O)[O-]. The van der Waals surface area contributed by atoms with Crippen molar-refractivity contribution in [3.05, 3.63) is 33.9 Å². The van der Waals surface area contributed by atoms with Gasteiger partial charge in [-0.05, 0) is 18.1 Å². The Morgan fingerprint density at radius 2 is 2.11 bits per heavy atom. The third-order valence-electron chi connectivity index (χ3n) is 2.70. The maximum atomic E-state index is 12.1. The molecule has 1 rings (SSSR count). The van der Waals surface area contributed by atoms with Gasteiger partial charge in [-0.15, -0.1) is 0 Å². The molecule has 0 bridgehead atoms. The van der Waals surface area contributed by atoms with E-state index >= 15 is 0 Å². The minimum atomic E-state index is -0.495. The van der Waals surface area contributed by atoms with Crippen LogP contribution in [0.15, 0.2) is 18.2 Å². The average Bonchev–Trinajstić information content (AvgIpc) is 2.36. The fourth-order valence-corrected chi connectivity index (χ4v) is 1.88. The fourth-order valence-electron chi connectivity index (χ4n) is 1.88. The molecule has 6 heteroatoms. The summed E-state index contributed by atoms with van der Waals surface area (Å²) in [5, 5.41) is 13.7. The van der Waals surface area contributed by atoms with Crippen molar-refractivity contribution >= 4 is 17.3 Å². The molecule has 0 saturated carbocycles. The predicted octanol–water partition coefficient (Wildman–Crippen LogP) is 2.36. The van der Waals surface area contributed by atoms with Crippen molar-refractivity contribution in [2.24, 2.45) is 5.92 Å². The minimum absolute atomic E-state index is 0.0914. The summed E-state index contributed by atoms with van der Waals surface area (Å²) in [5.74, 6) is 0.139. The smallest absolute Gasteiger partial charge is 0.293 e. The standard InChI is InChI=1S/C13H19N3O3/c1-9(2)8-15(4)13(17)10-5-6-11(14-3)12(7-10)16(18)19/h5-7,9,14H,8H2,1-4H3. The van der Waals surface area contributed by atoms with Crippen molar-refractivity contribution in [2.75, 3.05) is 26.0 Å². The number of hydrogen-bond donors (Lipinski definition) is 1. The number of anilines is 1.